The Hall–Kier alpha value is -1.07. The summed E-state index contributed by atoms with van der Waals surface area (Å²) in [7, 11) is 1.37. The van der Waals surface area contributed by atoms with Crippen LogP contribution >= 0.6 is 15.9 Å². The molecule has 1 N–H and O–H groups in total. The average molecular weight is 330 g/mol. The maximum absolute atomic E-state index is 11.0. The Balaban J connectivity index is 2.50. The molecule has 0 aromatic heterocycles. The molecule has 0 aliphatic carbocycles. The van der Waals surface area contributed by atoms with Gasteiger partial charge in [-0.05, 0) is 33.6 Å². The zero-order chi connectivity index (χ0) is 14.3. The highest BCUT2D eigenvalue weighted by molar-refractivity contribution is 9.10. The van der Waals surface area contributed by atoms with Gasteiger partial charge >= 0.3 is 5.97 Å². The van der Waals surface area contributed by atoms with Crippen LogP contribution in [-0.2, 0) is 16.1 Å². The third-order valence-electron chi connectivity index (χ3n) is 2.50. The van der Waals surface area contributed by atoms with Crippen molar-refractivity contribution in [1.29, 1.82) is 0 Å². The van der Waals surface area contributed by atoms with Gasteiger partial charge in [0.1, 0.15) is 5.75 Å². The molecule has 0 amide bonds. The third kappa shape index (κ3) is 6.07. The van der Waals surface area contributed by atoms with Crippen molar-refractivity contribution < 1.29 is 14.3 Å². The maximum Gasteiger partial charge on any atom is 0.308 e. The van der Waals surface area contributed by atoms with Crippen molar-refractivity contribution in [3.05, 3.63) is 28.2 Å². The van der Waals surface area contributed by atoms with E-state index >= 15 is 0 Å². The summed E-state index contributed by atoms with van der Waals surface area (Å²) >= 11 is 3.47. The number of benzene rings is 1. The van der Waals surface area contributed by atoms with Gasteiger partial charge in [-0.2, -0.15) is 0 Å². The van der Waals surface area contributed by atoms with Crippen molar-refractivity contribution in [2.75, 3.05) is 13.7 Å². The largest absolute Gasteiger partial charge is 0.492 e. The first-order chi connectivity index (χ1) is 9.02. The maximum atomic E-state index is 11.0. The summed E-state index contributed by atoms with van der Waals surface area (Å²) in [6.07, 6.45) is 0.250. The van der Waals surface area contributed by atoms with Gasteiger partial charge in [-0.1, -0.05) is 19.9 Å². The highest BCUT2D eigenvalue weighted by atomic mass is 79.9. The van der Waals surface area contributed by atoms with Crippen molar-refractivity contribution in [2.24, 2.45) is 0 Å². The predicted octanol–water partition coefficient (Wildman–Crippen LogP) is 2.89. The van der Waals surface area contributed by atoms with Gasteiger partial charge in [-0.25, -0.2) is 0 Å². The van der Waals surface area contributed by atoms with Crippen molar-refractivity contribution in [3.63, 3.8) is 0 Å². The van der Waals surface area contributed by atoms with Crippen LogP contribution in [0.25, 0.3) is 0 Å². The van der Waals surface area contributed by atoms with Gasteiger partial charge in [0.2, 0.25) is 0 Å². The zero-order valence-corrected chi connectivity index (χ0v) is 13.1. The second-order valence-corrected chi connectivity index (χ2v) is 5.33. The van der Waals surface area contributed by atoms with Crippen LogP contribution in [0.2, 0.25) is 0 Å². The Morgan fingerprint density at radius 2 is 2.16 bits per heavy atom. The van der Waals surface area contributed by atoms with Crippen LogP contribution in [0.1, 0.15) is 25.8 Å². The van der Waals surface area contributed by atoms with E-state index in [0.717, 1.165) is 16.8 Å². The first kappa shape index (κ1) is 16.0. The van der Waals surface area contributed by atoms with Crippen LogP contribution in [0, 0.1) is 0 Å². The first-order valence-electron chi connectivity index (χ1n) is 6.24. The van der Waals surface area contributed by atoms with E-state index in [1.165, 1.54) is 12.7 Å². The summed E-state index contributed by atoms with van der Waals surface area (Å²) in [6, 6.07) is 6.38. The molecule has 0 radical (unpaired) electrons. The van der Waals surface area contributed by atoms with E-state index < -0.39 is 0 Å². The highest BCUT2D eigenvalue weighted by Gasteiger charge is 2.05. The van der Waals surface area contributed by atoms with Crippen LogP contribution in [-0.4, -0.2) is 25.7 Å². The summed E-state index contributed by atoms with van der Waals surface area (Å²) in [5, 5.41) is 3.35. The number of rotatable bonds is 7. The molecule has 106 valence electrons. The second kappa shape index (κ2) is 8.17. The normalized spacial score (nSPS) is 10.6. The Bertz CT molecular complexity index is 421. The van der Waals surface area contributed by atoms with Crippen LogP contribution in [0.15, 0.2) is 22.7 Å². The minimum Gasteiger partial charge on any atom is -0.492 e. The van der Waals surface area contributed by atoms with E-state index in [1.54, 1.807) is 0 Å². The highest BCUT2D eigenvalue weighted by Crippen LogP contribution is 2.26. The molecule has 0 atom stereocenters. The molecule has 0 aliphatic heterocycles. The topological polar surface area (TPSA) is 47.6 Å². The number of carbonyl (C=O) groups excluding carboxylic acids is 1. The van der Waals surface area contributed by atoms with E-state index in [4.69, 9.17) is 4.74 Å². The van der Waals surface area contributed by atoms with Crippen LogP contribution in [0.4, 0.5) is 0 Å². The molecular formula is C14H20BrNO3. The molecule has 1 aromatic rings. The molecule has 0 heterocycles. The quantitative estimate of drug-likeness (QED) is 0.781. The van der Waals surface area contributed by atoms with E-state index in [0.29, 0.717) is 12.6 Å². The standard InChI is InChI=1S/C14H20BrNO3/c1-10(2)16-9-11-4-5-13(12(15)8-11)19-7-6-14(17)18-3/h4-5,8,10,16H,6-7,9H2,1-3H3. The fraction of sp³-hybridized carbons (Fsp3) is 0.500. The molecule has 0 aliphatic rings. The lowest BCUT2D eigenvalue weighted by molar-refractivity contribution is -0.141. The monoisotopic (exact) mass is 329 g/mol. The number of esters is 1. The Morgan fingerprint density at radius 3 is 2.74 bits per heavy atom. The molecule has 0 saturated heterocycles. The number of carbonyl (C=O) groups is 1. The number of methoxy groups -OCH3 is 1. The number of halogens is 1. The Kier molecular flexibility index (Phi) is 6.87. The van der Waals surface area contributed by atoms with Crippen molar-refractivity contribution in [2.45, 2.75) is 32.9 Å². The molecule has 0 spiro atoms. The lowest BCUT2D eigenvalue weighted by Gasteiger charge is -2.11. The SMILES string of the molecule is COC(=O)CCOc1ccc(CNC(C)C)cc1Br. The fourth-order valence-electron chi connectivity index (χ4n) is 1.44. The number of nitrogens with one attached hydrogen (secondary N) is 1. The molecule has 0 fully saturated rings. The number of hydrogen-bond acceptors (Lipinski definition) is 4. The summed E-state index contributed by atoms with van der Waals surface area (Å²) < 4.78 is 11.0. The molecule has 1 rings (SSSR count). The van der Waals surface area contributed by atoms with Crippen molar-refractivity contribution >= 4 is 21.9 Å². The summed E-state index contributed by atoms with van der Waals surface area (Å²) in [5.41, 5.74) is 1.18. The van der Waals surface area contributed by atoms with Crippen molar-refractivity contribution in [1.82, 2.24) is 5.32 Å². The van der Waals surface area contributed by atoms with E-state index in [9.17, 15) is 4.79 Å². The third-order valence-corrected chi connectivity index (χ3v) is 3.12. The summed E-state index contributed by atoms with van der Waals surface area (Å²) in [6.45, 7) is 5.35. The Labute approximate surface area is 122 Å². The first-order valence-corrected chi connectivity index (χ1v) is 7.03. The van der Waals surface area contributed by atoms with Gasteiger partial charge in [0.15, 0.2) is 0 Å². The van der Waals surface area contributed by atoms with E-state index in [1.807, 2.05) is 18.2 Å². The van der Waals surface area contributed by atoms with E-state index in [-0.39, 0.29) is 12.4 Å². The van der Waals surface area contributed by atoms with Crippen LogP contribution < -0.4 is 10.1 Å². The Morgan fingerprint density at radius 1 is 1.42 bits per heavy atom. The van der Waals surface area contributed by atoms with Gasteiger partial charge < -0.3 is 14.8 Å². The van der Waals surface area contributed by atoms with Crippen LogP contribution in [0.5, 0.6) is 5.75 Å². The van der Waals surface area contributed by atoms with Crippen LogP contribution in [0.3, 0.4) is 0 Å². The smallest absolute Gasteiger partial charge is 0.308 e. The minimum atomic E-state index is -0.270. The van der Waals surface area contributed by atoms with Gasteiger partial charge in [-0.15, -0.1) is 0 Å². The molecular weight excluding hydrogens is 310 g/mol. The summed E-state index contributed by atoms with van der Waals surface area (Å²) in [5.74, 6) is 0.464. The molecule has 5 heteroatoms. The average Bonchev–Trinajstić information content (AvgIpc) is 2.38. The minimum absolute atomic E-state index is 0.250. The lowest BCUT2D eigenvalue weighted by atomic mass is 10.2. The lowest BCUT2D eigenvalue weighted by Crippen LogP contribution is -2.21. The number of hydrogen-bond donors (Lipinski definition) is 1. The summed E-state index contributed by atoms with van der Waals surface area (Å²) in [4.78, 5) is 11.0. The molecule has 19 heavy (non-hydrogen) atoms. The van der Waals surface area contributed by atoms with Gasteiger partial charge in [0, 0.05) is 12.6 Å². The molecule has 1 aromatic carbocycles. The van der Waals surface area contributed by atoms with Crippen molar-refractivity contribution in [3.8, 4) is 5.75 Å². The molecule has 0 saturated carbocycles. The number of ether oxygens (including phenoxy) is 2. The molecule has 0 bridgehead atoms. The van der Waals surface area contributed by atoms with Gasteiger partial charge in [-0.3, -0.25) is 4.79 Å². The van der Waals surface area contributed by atoms with Gasteiger partial charge in [0.05, 0.1) is 24.6 Å². The second-order valence-electron chi connectivity index (χ2n) is 4.47. The molecule has 0 unspecified atom stereocenters. The predicted molar refractivity (Wildman–Crippen MR) is 78.2 cm³/mol. The van der Waals surface area contributed by atoms with Gasteiger partial charge in [0.25, 0.3) is 0 Å². The van der Waals surface area contributed by atoms with E-state index in [2.05, 4.69) is 39.8 Å². The molecule has 4 nitrogen and oxygen atoms in total. The fourth-order valence-corrected chi connectivity index (χ4v) is 1.98. The zero-order valence-electron chi connectivity index (χ0n) is 11.5.